The summed E-state index contributed by atoms with van der Waals surface area (Å²) in [5, 5.41) is 0. The van der Waals surface area contributed by atoms with E-state index in [9.17, 15) is 0 Å². The molecule has 0 aromatic rings. The maximum absolute atomic E-state index is 6.43. The van der Waals surface area contributed by atoms with Gasteiger partial charge in [-0.15, -0.1) is 0 Å². The molecule has 2 N–H and O–H groups in total. The summed E-state index contributed by atoms with van der Waals surface area (Å²) in [5.74, 6) is 1.74. The highest BCUT2D eigenvalue weighted by Gasteiger charge is 2.42. The van der Waals surface area contributed by atoms with Crippen molar-refractivity contribution in [3.8, 4) is 0 Å². The van der Waals surface area contributed by atoms with Crippen molar-refractivity contribution in [3.05, 3.63) is 11.6 Å². The average Bonchev–Trinajstić information content (AvgIpc) is 2.86. The molecule has 2 rings (SSSR count). The Morgan fingerprint density at radius 3 is 2.87 bits per heavy atom. The Balaban J connectivity index is 1.97. The Labute approximate surface area is 145 Å². The number of hydrogen-bond donors (Lipinski definition) is 1. The molecule has 131 valence electrons. The van der Waals surface area contributed by atoms with Crippen molar-refractivity contribution in [2.45, 2.75) is 52.0 Å². The van der Waals surface area contributed by atoms with E-state index in [2.05, 4.69) is 42.0 Å². The maximum atomic E-state index is 6.43. The fourth-order valence-electron chi connectivity index (χ4n) is 4.22. The topological polar surface area (TPSA) is 47.7 Å². The van der Waals surface area contributed by atoms with Crippen LogP contribution in [-0.2, 0) is 9.47 Å². The molecule has 1 saturated heterocycles. The van der Waals surface area contributed by atoms with Crippen LogP contribution in [-0.4, -0.2) is 60.3 Å². The van der Waals surface area contributed by atoms with Crippen LogP contribution in [0.5, 0.6) is 0 Å². The summed E-state index contributed by atoms with van der Waals surface area (Å²) in [6, 6.07) is 0.982. The van der Waals surface area contributed by atoms with Crippen molar-refractivity contribution < 1.29 is 9.47 Å². The van der Waals surface area contributed by atoms with Crippen molar-refractivity contribution in [1.29, 1.82) is 0 Å². The molecule has 0 aromatic heterocycles. The Morgan fingerprint density at radius 2 is 2.22 bits per heavy atom. The van der Waals surface area contributed by atoms with Gasteiger partial charge in [-0.3, -0.25) is 4.90 Å². The monoisotopic (exact) mass is 337 g/mol. The second-order valence-electron chi connectivity index (χ2n) is 7.24. The molecule has 0 aromatic carbocycles. The van der Waals surface area contributed by atoms with E-state index < -0.39 is 0 Å². The summed E-state index contributed by atoms with van der Waals surface area (Å²) in [6.45, 7) is 10.9. The third kappa shape index (κ3) is 5.13. The first-order valence-corrected chi connectivity index (χ1v) is 9.76. The number of allylic oxidation sites excluding steroid dienone is 2. The fraction of sp³-hybridized carbons (Fsp3) is 0.889. The quantitative estimate of drug-likeness (QED) is 0.419. The van der Waals surface area contributed by atoms with Crippen LogP contribution in [0.1, 0.15) is 33.6 Å². The van der Waals surface area contributed by atoms with Gasteiger partial charge in [-0.05, 0) is 31.6 Å². The van der Waals surface area contributed by atoms with E-state index in [4.69, 9.17) is 15.2 Å². The molecule has 1 aliphatic heterocycles. The molecule has 1 fully saturated rings. The minimum Gasteiger partial charge on any atom is -0.379 e. The molecule has 0 spiro atoms. The van der Waals surface area contributed by atoms with Crippen molar-refractivity contribution in [2.24, 2.45) is 23.5 Å². The van der Waals surface area contributed by atoms with E-state index in [-0.39, 0.29) is 12.3 Å². The molecule has 0 amide bonds. The zero-order valence-corrected chi connectivity index (χ0v) is 16.0. The number of nitrogens with zero attached hydrogens (tertiary/aromatic N) is 1. The SMILES string of the molecule is CC1=C[C@@H](C)C(C2OC(COCCC[Si])CN2CCN)[C@@H](C)C1. The highest BCUT2D eigenvalue weighted by Crippen LogP contribution is 2.39. The van der Waals surface area contributed by atoms with E-state index >= 15 is 0 Å². The molecular formula is C18H33N2O2Si. The summed E-state index contributed by atoms with van der Waals surface area (Å²) in [4.78, 5) is 2.43. The standard InChI is InChI=1S/C18H33N2O2Si/c1-13-9-14(2)17(15(3)10-13)18-20(6-5-19)11-16(22-18)12-21-7-4-8-23/h9,14-18H,4-8,10-12,19H2,1-3H3/t14-,15+,16?,17?,18?/m1/s1. The van der Waals surface area contributed by atoms with Crippen LogP contribution in [0.2, 0.25) is 6.04 Å². The van der Waals surface area contributed by atoms with E-state index in [0.717, 1.165) is 32.2 Å². The first-order valence-electron chi connectivity index (χ1n) is 9.06. The van der Waals surface area contributed by atoms with E-state index in [1.54, 1.807) is 0 Å². The maximum Gasteiger partial charge on any atom is 0.114 e. The molecule has 0 bridgehead atoms. The van der Waals surface area contributed by atoms with Crippen LogP contribution in [0, 0.1) is 17.8 Å². The molecule has 1 aliphatic carbocycles. The Hall–Kier alpha value is -0.203. The summed E-state index contributed by atoms with van der Waals surface area (Å²) in [6.07, 6.45) is 5.00. The van der Waals surface area contributed by atoms with Crippen molar-refractivity contribution in [3.63, 3.8) is 0 Å². The van der Waals surface area contributed by atoms with Crippen LogP contribution in [0.25, 0.3) is 0 Å². The van der Waals surface area contributed by atoms with Crippen LogP contribution < -0.4 is 5.73 Å². The molecule has 3 radical (unpaired) electrons. The van der Waals surface area contributed by atoms with Gasteiger partial charge in [-0.2, -0.15) is 0 Å². The third-order valence-electron chi connectivity index (χ3n) is 5.10. The highest BCUT2D eigenvalue weighted by atomic mass is 28.1. The van der Waals surface area contributed by atoms with Gasteiger partial charge in [0.2, 0.25) is 0 Å². The van der Waals surface area contributed by atoms with Crippen molar-refractivity contribution in [2.75, 3.05) is 32.8 Å². The zero-order chi connectivity index (χ0) is 16.8. The Morgan fingerprint density at radius 1 is 1.43 bits per heavy atom. The van der Waals surface area contributed by atoms with Crippen LogP contribution in [0.3, 0.4) is 0 Å². The molecule has 23 heavy (non-hydrogen) atoms. The lowest BCUT2D eigenvalue weighted by Gasteiger charge is -2.39. The van der Waals surface area contributed by atoms with Crippen molar-refractivity contribution in [1.82, 2.24) is 4.90 Å². The first-order chi connectivity index (χ1) is 11.1. The second-order valence-corrected chi connectivity index (χ2v) is 7.74. The molecular weight excluding hydrogens is 304 g/mol. The van der Waals surface area contributed by atoms with Gasteiger partial charge in [0.15, 0.2) is 0 Å². The van der Waals surface area contributed by atoms with Gasteiger partial charge in [0.25, 0.3) is 0 Å². The lowest BCUT2D eigenvalue weighted by molar-refractivity contribution is -0.0833. The smallest absolute Gasteiger partial charge is 0.114 e. The number of rotatable bonds is 8. The predicted molar refractivity (Wildman–Crippen MR) is 95.5 cm³/mol. The first kappa shape index (κ1) is 19.1. The second kappa shape index (κ2) is 9.32. The van der Waals surface area contributed by atoms with Gasteiger partial charge in [0, 0.05) is 42.4 Å². The fourth-order valence-corrected chi connectivity index (χ4v) is 4.37. The molecule has 2 aliphatic rings. The van der Waals surface area contributed by atoms with E-state index in [0.29, 0.717) is 30.9 Å². The average molecular weight is 338 g/mol. The van der Waals surface area contributed by atoms with Gasteiger partial charge in [-0.25, -0.2) is 0 Å². The Kier molecular flexibility index (Phi) is 7.75. The molecule has 5 heteroatoms. The normalized spacial score (nSPS) is 35.5. The Bertz CT molecular complexity index is 391. The van der Waals surface area contributed by atoms with Gasteiger partial charge < -0.3 is 15.2 Å². The summed E-state index contributed by atoms with van der Waals surface area (Å²) >= 11 is 0. The molecule has 1 heterocycles. The third-order valence-corrected chi connectivity index (χ3v) is 5.45. The summed E-state index contributed by atoms with van der Waals surface area (Å²) in [7, 11) is 3.48. The minimum absolute atomic E-state index is 0.174. The molecule has 5 atom stereocenters. The summed E-state index contributed by atoms with van der Waals surface area (Å²) < 4.78 is 12.2. The number of hydrogen-bond acceptors (Lipinski definition) is 4. The van der Waals surface area contributed by atoms with E-state index in [1.165, 1.54) is 12.0 Å². The number of ether oxygens (including phenoxy) is 2. The van der Waals surface area contributed by atoms with Crippen LogP contribution in [0.15, 0.2) is 11.6 Å². The molecule has 3 unspecified atom stereocenters. The molecule has 4 nitrogen and oxygen atoms in total. The number of nitrogens with two attached hydrogens (primary N) is 1. The lowest BCUT2D eigenvalue weighted by Crippen LogP contribution is -2.44. The summed E-state index contributed by atoms with van der Waals surface area (Å²) in [5.41, 5.74) is 7.34. The largest absolute Gasteiger partial charge is 0.379 e. The highest BCUT2D eigenvalue weighted by molar-refractivity contribution is 6.08. The zero-order valence-electron chi connectivity index (χ0n) is 15.0. The van der Waals surface area contributed by atoms with E-state index in [1.807, 2.05) is 0 Å². The van der Waals surface area contributed by atoms with Crippen molar-refractivity contribution >= 4 is 10.2 Å². The van der Waals surface area contributed by atoms with Gasteiger partial charge >= 0.3 is 0 Å². The lowest BCUT2D eigenvalue weighted by atomic mass is 9.74. The van der Waals surface area contributed by atoms with Crippen LogP contribution >= 0.6 is 0 Å². The molecule has 0 saturated carbocycles. The minimum atomic E-state index is 0.174. The predicted octanol–water partition coefficient (Wildman–Crippen LogP) is 2.20. The van der Waals surface area contributed by atoms with Gasteiger partial charge in [-0.1, -0.05) is 31.5 Å². The van der Waals surface area contributed by atoms with Crippen LogP contribution in [0.4, 0.5) is 0 Å². The van der Waals surface area contributed by atoms with Gasteiger partial charge in [0.05, 0.1) is 12.7 Å². The van der Waals surface area contributed by atoms with Gasteiger partial charge in [0.1, 0.15) is 6.23 Å².